The summed E-state index contributed by atoms with van der Waals surface area (Å²) < 4.78 is 1.22. The Morgan fingerprint density at radius 1 is 1.19 bits per heavy atom. The fraction of sp³-hybridized carbons (Fsp3) is 0.333. The van der Waals surface area contributed by atoms with Crippen LogP contribution in [0.25, 0.3) is 0 Å². The molecule has 26 heavy (non-hydrogen) atoms. The number of amides is 2. The van der Waals surface area contributed by atoms with Gasteiger partial charge in [-0.05, 0) is 18.4 Å². The number of benzene rings is 1. The van der Waals surface area contributed by atoms with Gasteiger partial charge in [-0.1, -0.05) is 30.3 Å². The van der Waals surface area contributed by atoms with E-state index in [2.05, 4.69) is 10.4 Å². The zero-order valence-electron chi connectivity index (χ0n) is 14.2. The number of aliphatic carboxylic acids is 1. The molecule has 1 aliphatic rings. The molecule has 2 amide bonds. The Kier molecular flexibility index (Phi) is 5.31. The van der Waals surface area contributed by atoms with Crippen LogP contribution in [0.3, 0.4) is 0 Å². The first kappa shape index (κ1) is 17.7. The van der Waals surface area contributed by atoms with Crippen LogP contribution >= 0.6 is 0 Å². The number of hydrogen-bond acceptors (Lipinski definition) is 4. The van der Waals surface area contributed by atoms with Gasteiger partial charge in [-0.25, -0.2) is 0 Å². The molecule has 2 heterocycles. The van der Waals surface area contributed by atoms with Crippen LogP contribution in [-0.4, -0.2) is 44.1 Å². The summed E-state index contributed by atoms with van der Waals surface area (Å²) in [7, 11) is 0. The molecule has 0 aliphatic carbocycles. The van der Waals surface area contributed by atoms with E-state index in [1.807, 2.05) is 30.3 Å². The number of nitrogens with zero attached hydrogens (tertiary/aromatic N) is 3. The molecular formula is C18H20N4O4. The highest BCUT2D eigenvalue weighted by atomic mass is 16.4. The second kappa shape index (κ2) is 7.81. The van der Waals surface area contributed by atoms with Crippen molar-refractivity contribution in [2.45, 2.75) is 31.8 Å². The summed E-state index contributed by atoms with van der Waals surface area (Å²) in [4.78, 5) is 37.6. The summed E-state index contributed by atoms with van der Waals surface area (Å²) in [5, 5.41) is 15.5. The SMILES string of the molecule is O=C(O)Cn1ccc(NC(=O)C(c2ccccc2)N2CCCCC2=O)n1. The fourth-order valence-corrected chi connectivity index (χ4v) is 3.06. The Balaban J connectivity index is 1.82. The molecule has 1 unspecified atom stereocenters. The van der Waals surface area contributed by atoms with Crippen molar-refractivity contribution >= 4 is 23.6 Å². The molecular weight excluding hydrogens is 336 g/mol. The number of carbonyl (C=O) groups is 3. The number of likely N-dealkylation sites (tertiary alicyclic amines) is 1. The van der Waals surface area contributed by atoms with Crippen molar-refractivity contribution in [3.63, 3.8) is 0 Å². The third-order valence-electron chi connectivity index (χ3n) is 4.22. The van der Waals surface area contributed by atoms with E-state index in [4.69, 9.17) is 5.11 Å². The molecule has 0 spiro atoms. The van der Waals surface area contributed by atoms with E-state index in [0.29, 0.717) is 13.0 Å². The first-order valence-electron chi connectivity index (χ1n) is 8.45. The molecule has 1 aromatic carbocycles. The van der Waals surface area contributed by atoms with E-state index < -0.39 is 12.0 Å². The van der Waals surface area contributed by atoms with E-state index in [1.165, 1.54) is 16.9 Å². The molecule has 1 aliphatic heterocycles. The number of anilines is 1. The van der Waals surface area contributed by atoms with Gasteiger partial charge in [0.2, 0.25) is 5.91 Å². The van der Waals surface area contributed by atoms with Crippen molar-refractivity contribution in [1.82, 2.24) is 14.7 Å². The molecule has 0 saturated carbocycles. The number of hydrogen-bond donors (Lipinski definition) is 2. The first-order valence-corrected chi connectivity index (χ1v) is 8.45. The van der Waals surface area contributed by atoms with Crippen LogP contribution in [0.1, 0.15) is 30.9 Å². The maximum absolute atomic E-state index is 12.9. The van der Waals surface area contributed by atoms with E-state index >= 15 is 0 Å². The van der Waals surface area contributed by atoms with Gasteiger partial charge in [0, 0.05) is 25.2 Å². The number of aromatic nitrogens is 2. The molecule has 0 bridgehead atoms. The van der Waals surface area contributed by atoms with Crippen molar-refractivity contribution in [3.8, 4) is 0 Å². The molecule has 2 aromatic rings. The lowest BCUT2D eigenvalue weighted by Crippen LogP contribution is -2.43. The van der Waals surface area contributed by atoms with Crippen LogP contribution in [0.15, 0.2) is 42.6 Å². The molecule has 1 saturated heterocycles. The summed E-state index contributed by atoms with van der Waals surface area (Å²) in [6.07, 6.45) is 3.60. The summed E-state index contributed by atoms with van der Waals surface area (Å²) in [6, 6.07) is 9.92. The van der Waals surface area contributed by atoms with E-state index in [9.17, 15) is 14.4 Å². The average molecular weight is 356 g/mol. The molecule has 0 radical (unpaired) electrons. The van der Waals surface area contributed by atoms with Crippen molar-refractivity contribution < 1.29 is 19.5 Å². The lowest BCUT2D eigenvalue weighted by atomic mass is 10.0. The highest BCUT2D eigenvalue weighted by Gasteiger charge is 2.32. The summed E-state index contributed by atoms with van der Waals surface area (Å²) in [5.41, 5.74) is 0.727. The molecule has 136 valence electrons. The van der Waals surface area contributed by atoms with Gasteiger partial charge in [-0.2, -0.15) is 5.10 Å². The second-order valence-corrected chi connectivity index (χ2v) is 6.14. The number of carboxylic acid groups (broad SMARTS) is 1. The second-order valence-electron chi connectivity index (χ2n) is 6.14. The maximum atomic E-state index is 12.9. The number of carbonyl (C=O) groups excluding carboxylic acids is 2. The minimum Gasteiger partial charge on any atom is -0.480 e. The van der Waals surface area contributed by atoms with Crippen LogP contribution in [0, 0.1) is 0 Å². The number of nitrogens with one attached hydrogen (secondary N) is 1. The van der Waals surface area contributed by atoms with Gasteiger partial charge in [0.05, 0.1) is 0 Å². The topological polar surface area (TPSA) is 105 Å². The van der Waals surface area contributed by atoms with Gasteiger partial charge >= 0.3 is 5.97 Å². The van der Waals surface area contributed by atoms with Crippen molar-refractivity contribution in [1.29, 1.82) is 0 Å². The Morgan fingerprint density at radius 2 is 1.96 bits per heavy atom. The molecule has 1 fully saturated rings. The van der Waals surface area contributed by atoms with Gasteiger partial charge in [-0.3, -0.25) is 19.1 Å². The predicted molar refractivity (Wildman–Crippen MR) is 93.2 cm³/mol. The number of piperidine rings is 1. The van der Waals surface area contributed by atoms with Gasteiger partial charge in [-0.15, -0.1) is 0 Å². The van der Waals surface area contributed by atoms with Crippen molar-refractivity contribution in [2.75, 3.05) is 11.9 Å². The van der Waals surface area contributed by atoms with Gasteiger partial charge in [0.15, 0.2) is 5.82 Å². The third-order valence-corrected chi connectivity index (χ3v) is 4.22. The zero-order valence-corrected chi connectivity index (χ0v) is 14.2. The van der Waals surface area contributed by atoms with Crippen LogP contribution in [0.2, 0.25) is 0 Å². The monoisotopic (exact) mass is 356 g/mol. The molecule has 8 nitrogen and oxygen atoms in total. The quantitative estimate of drug-likeness (QED) is 0.819. The Hall–Kier alpha value is -3.16. The van der Waals surface area contributed by atoms with E-state index in [1.54, 1.807) is 4.90 Å². The predicted octanol–water partition coefficient (Wildman–Crippen LogP) is 1.66. The summed E-state index contributed by atoms with van der Waals surface area (Å²) in [6.45, 7) is 0.238. The van der Waals surface area contributed by atoms with Crippen LogP contribution in [0.4, 0.5) is 5.82 Å². The summed E-state index contributed by atoms with van der Waals surface area (Å²) in [5.74, 6) is -1.18. The molecule has 1 atom stereocenters. The Bertz CT molecular complexity index is 803. The minimum absolute atomic E-state index is 0.0448. The zero-order chi connectivity index (χ0) is 18.5. The molecule has 8 heteroatoms. The van der Waals surface area contributed by atoms with Crippen LogP contribution in [-0.2, 0) is 20.9 Å². The third kappa shape index (κ3) is 4.08. The number of carboxylic acids is 1. The van der Waals surface area contributed by atoms with E-state index in [-0.39, 0.29) is 24.2 Å². The largest absolute Gasteiger partial charge is 0.480 e. The number of rotatable bonds is 6. The van der Waals surface area contributed by atoms with E-state index in [0.717, 1.165) is 18.4 Å². The molecule has 3 rings (SSSR count). The van der Waals surface area contributed by atoms with Crippen LogP contribution < -0.4 is 5.32 Å². The highest BCUT2D eigenvalue weighted by molar-refractivity contribution is 5.97. The van der Waals surface area contributed by atoms with Crippen molar-refractivity contribution in [3.05, 3.63) is 48.2 Å². The smallest absolute Gasteiger partial charge is 0.325 e. The standard InChI is InChI=1S/C18H20N4O4/c23-15-8-4-5-10-22(15)17(13-6-2-1-3-7-13)18(26)19-14-9-11-21(20-14)12-16(24)25/h1-3,6-7,9,11,17H,4-5,8,10,12H2,(H,24,25)(H,19,20,26). The maximum Gasteiger partial charge on any atom is 0.325 e. The summed E-state index contributed by atoms with van der Waals surface area (Å²) >= 11 is 0. The molecule has 2 N–H and O–H groups in total. The lowest BCUT2D eigenvalue weighted by molar-refractivity contribution is -0.141. The van der Waals surface area contributed by atoms with Gasteiger partial charge in [0.1, 0.15) is 12.6 Å². The fourth-order valence-electron chi connectivity index (χ4n) is 3.06. The average Bonchev–Trinajstić information content (AvgIpc) is 3.04. The van der Waals surface area contributed by atoms with Crippen molar-refractivity contribution in [2.24, 2.45) is 0 Å². The van der Waals surface area contributed by atoms with Gasteiger partial charge < -0.3 is 15.3 Å². The van der Waals surface area contributed by atoms with Gasteiger partial charge in [0.25, 0.3) is 5.91 Å². The first-order chi connectivity index (χ1) is 12.5. The molecule has 1 aromatic heterocycles. The lowest BCUT2D eigenvalue weighted by Gasteiger charge is -2.33. The minimum atomic E-state index is -1.02. The highest BCUT2D eigenvalue weighted by Crippen LogP contribution is 2.26. The normalized spacial score (nSPS) is 15.5. The Morgan fingerprint density at radius 3 is 2.65 bits per heavy atom. The Labute approximate surface area is 150 Å². The van der Waals surface area contributed by atoms with Crippen LogP contribution in [0.5, 0.6) is 0 Å².